The van der Waals surface area contributed by atoms with E-state index in [2.05, 4.69) is 16.1 Å². The Morgan fingerprint density at radius 1 is 1.11 bits per heavy atom. The molecule has 0 spiro atoms. The molecule has 2 aromatic rings. The van der Waals surface area contributed by atoms with Crippen LogP contribution in [0.2, 0.25) is 0 Å². The Morgan fingerprint density at radius 3 is 2.50 bits per heavy atom. The number of benzene rings is 1. The van der Waals surface area contributed by atoms with Gasteiger partial charge in [0.25, 0.3) is 0 Å². The van der Waals surface area contributed by atoms with Crippen LogP contribution in [0.5, 0.6) is 5.75 Å². The highest BCUT2D eigenvalue weighted by Gasteiger charge is 2.03. The van der Waals surface area contributed by atoms with Gasteiger partial charge in [-0.05, 0) is 29.1 Å². The second-order valence-electron chi connectivity index (χ2n) is 3.71. The highest BCUT2D eigenvalue weighted by atomic mass is 32.1. The average molecular weight is 269 g/mol. The summed E-state index contributed by atoms with van der Waals surface area (Å²) in [7, 11) is 0. The molecule has 18 heavy (non-hydrogen) atoms. The molecule has 0 saturated carbocycles. The zero-order valence-electron chi connectivity index (χ0n) is 9.61. The summed E-state index contributed by atoms with van der Waals surface area (Å²) < 4.78 is 28.2. The predicted molar refractivity (Wildman–Crippen MR) is 67.9 cm³/mol. The number of nitrogens with one attached hydrogen (secondary N) is 1. The van der Waals surface area contributed by atoms with Crippen molar-refractivity contribution < 1.29 is 13.5 Å². The van der Waals surface area contributed by atoms with Crippen LogP contribution in [0.25, 0.3) is 0 Å². The molecule has 0 radical (unpaired) electrons. The Balaban J connectivity index is 1.79. The predicted octanol–water partition coefficient (Wildman–Crippen LogP) is 3.64. The Bertz CT molecular complexity index is 456. The molecule has 0 aliphatic carbocycles. The lowest BCUT2D eigenvalue weighted by molar-refractivity contribution is -0.0498. The fourth-order valence-corrected chi connectivity index (χ4v) is 2.21. The van der Waals surface area contributed by atoms with Gasteiger partial charge in [-0.25, -0.2) is 0 Å². The summed E-state index contributed by atoms with van der Waals surface area (Å²) >= 11 is 1.70. The average Bonchev–Trinajstić information content (AvgIpc) is 2.84. The van der Waals surface area contributed by atoms with Crippen molar-refractivity contribution in [3.8, 4) is 5.75 Å². The standard InChI is InChI=1S/C13H13F2NOS/c14-13(15)17-11-5-3-10(4-6-11)8-16-9-12-2-1-7-18-12/h1-7,13,16H,8-9H2. The molecule has 96 valence electrons. The van der Waals surface area contributed by atoms with E-state index in [9.17, 15) is 8.78 Å². The van der Waals surface area contributed by atoms with Gasteiger partial charge in [-0.3, -0.25) is 0 Å². The van der Waals surface area contributed by atoms with Gasteiger partial charge in [0.2, 0.25) is 0 Å². The van der Waals surface area contributed by atoms with E-state index >= 15 is 0 Å². The van der Waals surface area contributed by atoms with Crippen molar-refractivity contribution in [2.75, 3.05) is 0 Å². The Morgan fingerprint density at radius 2 is 1.89 bits per heavy atom. The van der Waals surface area contributed by atoms with Crippen LogP contribution in [0.1, 0.15) is 10.4 Å². The minimum absolute atomic E-state index is 0.187. The molecule has 0 fully saturated rings. The van der Waals surface area contributed by atoms with Crippen molar-refractivity contribution in [2.24, 2.45) is 0 Å². The maximum absolute atomic E-state index is 11.9. The van der Waals surface area contributed by atoms with Crippen molar-refractivity contribution in [1.29, 1.82) is 0 Å². The van der Waals surface area contributed by atoms with Gasteiger partial charge < -0.3 is 10.1 Å². The fourth-order valence-electron chi connectivity index (χ4n) is 1.53. The highest BCUT2D eigenvalue weighted by molar-refractivity contribution is 7.09. The van der Waals surface area contributed by atoms with Crippen molar-refractivity contribution in [1.82, 2.24) is 5.32 Å². The van der Waals surface area contributed by atoms with Crippen LogP contribution in [0.3, 0.4) is 0 Å². The zero-order valence-corrected chi connectivity index (χ0v) is 10.4. The number of hydrogen-bond acceptors (Lipinski definition) is 3. The van der Waals surface area contributed by atoms with Gasteiger partial charge in [0.15, 0.2) is 0 Å². The molecular weight excluding hydrogens is 256 g/mol. The molecule has 1 aromatic carbocycles. The molecule has 5 heteroatoms. The summed E-state index contributed by atoms with van der Waals surface area (Å²) in [5, 5.41) is 5.32. The summed E-state index contributed by atoms with van der Waals surface area (Å²) in [6.45, 7) is -1.26. The molecule has 2 nitrogen and oxygen atoms in total. The lowest BCUT2D eigenvalue weighted by atomic mass is 10.2. The molecule has 0 aliphatic rings. The van der Waals surface area contributed by atoms with E-state index in [1.165, 1.54) is 4.88 Å². The molecule has 1 N–H and O–H groups in total. The topological polar surface area (TPSA) is 21.3 Å². The first-order chi connectivity index (χ1) is 8.74. The Labute approximate surface area is 108 Å². The van der Waals surface area contributed by atoms with Crippen LogP contribution >= 0.6 is 11.3 Å². The number of alkyl halides is 2. The minimum Gasteiger partial charge on any atom is -0.435 e. The van der Waals surface area contributed by atoms with E-state index in [0.717, 1.165) is 12.1 Å². The smallest absolute Gasteiger partial charge is 0.387 e. The zero-order chi connectivity index (χ0) is 12.8. The summed E-state index contributed by atoms with van der Waals surface area (Å²) in [4.78, 5) is 1.27. The maximum atomic E-state index is 11.9. The summed E-state index contributed by atoms with van der Waals surface area (Å²) in [5.41, 5.74) is 1.04. The van der Waals surface area contributed by atoms with Gasteiger partial charge in [-0.15, -0.1) is 11.3 Å². The van der Waals surface area contributed by atoms with Gasteiger partial charge in [-0.1, -0.05) is 18.2 Å². The first-order valence-corrected chi connectivity index (χ1v) is 6.39. The van der Waals surface area contributed by atoms with E-state index in [1.54, 1.807) is 35.6 Å². The van der Waals surface area contributed by atoms with Crippen molar-refractivity contribution in [3.63, 3.8) is 0 Å². The lowest BCUT2D eigenvalue weighted by Gasteiger charge is -2.06. The van der Waals surface area contributed by atoms with Crippen molar-refractivity contribution >= 4 is 11.3 Å². The van der Waals surface area contributed by atoms with Gasteiger partial charge >= 0.3 is 6.61 Å². The normalized spacial score (nSPS) is 10.8. The van der Waals surface area contributed by atoms with Crippen LogP contribution in [0, 0.1) is 0 Å². The quantitative estimate of drug-likeness (QED) is 0.864. The second kappa shape index (κ2) is 6.47. The molecule has 0 atom stereocenters. The molecule has 1 aromatic heterocycles. The summed E-state index contributed by atoms with van der Waals surface area (Å²) in [6.07, 6.45) is 0. The molecule has 0 unspecified atom stereocenters. The third-order valence-corrected chi connectivity index (χ3v) is 3.23. The summed E-state index contributed by atoms with van der Waals surface area (Å²) in [6, 6.07) is 10.7. The number of hydrogen-bond donors (Lipinski definition) is 1. The molecule has 0 aliphatic heterocycles. The van der Waals surface area contributed by atoms with Gasteiger partial charge in [0.1, 0.15) is 5.75 Å². The molecule has 0 amide bonds. The number of rotatable bonds is 6. The first kappa shape index (κ1) is 13.0. The number of halogens is 2. The molecule has 1 heterocycles. The van der Waals surface area contributed by atoms with Gasteiger partial charge in [-0.2, -0.15) is 8.78 Å². The molecule has 0 saturated heterocycles. The minimum atomic E-state index is -2.77. The van der Waals surface area contributed by atoms with Gasteiger partial charge in [0, 0.05) is 18.0 Å². The number of thiophene rings is 1. The van der Waals surface area contributed by atoms with E-state index in [-0.39, 0.29) is 5.75 Å². The van der Waals surface area contributed by atoms with Crippen LogP contribution in [-0.4, -0.2) is 6.61 Å². The Hall–Kier alpha value is -1.46. The van der Waals surface area contributed by atoms with Gasteiger partial charge in [0.05, 0.1) is 0 Å². The third-order valence-electron chi connectivity index (χ3n) is 2.36. The first-order valence-electron chi connectivity index (χ1n) is 5.51. The molecule has 2 rings (SSSR count). The summed E-state index contributed by atoms with van der Waals surface area (Å²) in [5.74, 6) is 0.187. The Kier molecular flexibility index (Phi) is 4.66. The van der Waals surface area contributed by atoms with Crippen LogP contribution in [0.15, 0.2) is 41.8 Å². The molecular formula is C13H13F2NOS. The largest absolute Gasteiger partial charge is 0.435 e. The van der Waals surface area contributed by atoms with Crippen LogP contribution in [-0.2, 0) is 13.1 Å². The van der Waals surface area contributed by atoms with E-state index < -0.39 is 6.61 Å². The van der Waals surface area contributed by atoms with Crippen LogP contribution < -0.4 is 10.1 Å². The second-order valence-corrected chi connectivity index (χ2v) is 4.74. The van der Waals surface area contributed by atoms with Crippen LogP contribution in [0.4, 0.5) is 8.78 Å². The van der Waals surface area contributed by atoms with E-state index in [0.29, 0.717) is 6.54 Å². The third kappa shape index (κ3) is 4.09. The number of ether oxygens (including phenoxy) is 1. The highest BCUT2D eigenvalue weighted by Crippen LogP contribution is 2.15. The maximum Gasteiger partial charge on any atom is 0.387 e. The monoisotopic (exact) mass is 269 g/mol. The van der Waals surface area contributed by atoms with Crippen molar-refractivity contribution in [3.05, 3.63) is 52.2 Å². The lowest BCUT2D eigenvalue weighted by Crippen LogP contribution is -2.11. The SMILES string of the molecule is FC(F)Oc1ccc(CNCc2cccs2)cc1. The fraction of sp³-hybridized carbons (Fsp3) is 0.231. The van der Waals surface area contributed by atoms with E-state index in [4.69, 9.17) is 0 Å². The molecule has 0 bridgehead atoms. The van der Waals surface area contributed by atoms with E-state index in [1.807, 2.05) is 11.4 Å². The van der Waals surface area contributed by atoms with Crippen molar-refractivity contribution in [2.45, 2.75) is 19.7 Å².